The molecule has 1 unspecified atom stereocenters. The summed E-state index contributed by atoms with van der Waals surface area (Å²) in [5.41, 5.74) is 0.940. The molecule has 3 aromatic rings. The third-order valence-corrected chi connectivity index (χ3v) is 4.78. The van der Waals surface area contributed by atoms with Crippen molar-refractivity contribution in [3.63, 3.8) is 0 Å². The number of anilines is 1. The van der Waals surface area contributed by atoms with Crippen molar-refractivity contribution in [3.05, 3.63) is 48.2 Å². The standard InChI is InChI=1S/C17H22N8/c1-13-5-6-15(20-19-13)25-8-3-4-14(10-25)17-22-21-16(23(17)2)11-24-9-7-18-12-24/h5-7,9,12,14H,3-4,8,10-11H2,1-2H3. The Morgan fingerprint density at radius 2 is 2.08 bits per heavy atom. The van der Waals surface area contributed by atoms with Gasteiger partial charge in [0.25, 0.3) is 0 Å². The summed E-state index contributed by atoms with van der Waals surface area (Å²) in [6.45, 7) is 4.54. The molecular formula is C17H22N8. The molecule has 1 aliphatic heterocycles. The van der Waals surface area contributed by atoms with Crippen LogP contribution in [0.2, 0.25) is 0 Å². The van der Waals surface area contributed by atoms with Crippen molar-refractivity contribution in [2.24, 2.45) is 7.05 Å². The van der Waals surface area contributed by atoms with E-state index < -0.39 is 0 Å². The van der Waals surface area contributed by atoms with Crippen LogP contribution >= 0.6 is 0 Å². The average Bonchev–Trinajstić information content (AvgIpc) is 3.27. The van der Waals surface area contributed by atoms with Crippen LogP contribution in [-0.4, -0.2) is 47.6 Å². The van der Waals surface area contributed by atoms with E-state index in [1.165, 1.54) is 0 Å². The first-order valence-electron chi connectivity index (χ1n) is 8.60. The quantitative estimate of drug-likeness (QED) is 0.718. The Kier molecular flexibility index (Phi) is 4.17. The number of piperidine rings is 1. The van der Waals surface area contributed by atoms with E-state index in [9.17, 15) is 0 Å². The van der Waals surface area contributed by atoms with Crippen LogP contribution in [-0.2, 0) is 13.6 Å². The van der Waals surface area contributed by atoms with E-state index in [1.807, 2.05) is 36.9 Å². The van der Waals surface area contributed by atoms with Crippen molar-refractivity contribution in [2.75, 3.05) is 18.0 Å². The molecule has 0 spiro atoms. The van der Waals surface area contributed by atoms with E-state index in [0.717, 1.165) is 49.1 Å². The summed E-state index contributed by atoms with van der Waals surface area (Å²) in [4.78, 5) is 6.38. The maximum Gasteiger partial charge on any atom is 0.152 e. The first-order valence-corrected chi connectivity index (χ1v) is 8.60. The van der Waals surface area contributed by atoms with Crippen LogP contribution in [0.25, 0.3) is 0 Å². The summed E-state index contributed by atoms with van der Waals surface area (Å²) in [7, 11) is 2.05. The smallest absolute Gasteiger partial charge is 0.152 e. The highest BCUT2D eigenvalue weighted by Gasteiger charge is 2.26. The summed E-state index contributed by atoms with van der Waals surface area (Å²) in [6, 6.07) is 4.06. The van der Waals surface area contributed by atoms with Crippen molar-refractivity contribution >= 4 is 5.82 Å². The van der Waals surface area contributed by atoms with Gasteiger partial charge >= 0.3 is 0 Å². The highest BCUT2D eigenvalue weighted by molar-refractivity contribution is 5.38. The van der Waals surface area contributed by atoms with Gasteiger partial charge in [-0.05, 0) is 31.9 Å². The maximum absolute atomic E-state index is 4.48. The summed E-state index contributed by atoms with van der Waals surface area (Å²) < 4.78 is 4.12. The molecule has 0 aliphatic carbocycles. The number of hydrogen-bond donors (Lipinski definition) is 0. The van der Waals surface area contributed by atoms with E-state index >= 15 is 0 Å². The van der Waals surface area contributed by atoms with Crippen LogP contribution in [0.1, 0.15) is 36.1 Å². The van der Waals surface area contributed by atoms with Gasteiger partial charge in [0.05, 0.1) is 18.6 Å². The van der Waals surface area contributed by atoms with Crippen LogP contribution in [0.3, 0.4) is 0 Å². The van der Waals surface area contributed by atoms with E-state index in [2.05, 4.69) is 34.8 Å². The van der Waals surface area contributed by atoms with Gasteiger partial charge < -0.3 is 14.0 Å². The van der Waals surface area contributed by atoms with Crippen molar-refractivity contribution in [3.8, 4) is 0 Å². The lowest BCUT2D eigenvalue weighted by atomic mass is 9.97. The first-order chi connectivity index (χ1) is 12.2. The van der Waals surface area contributed by atoms with Gasteiger partial charge in [-0.1, -0.05) is 0 Å². The molecule has 4 rings (SSSR count). The topological polar surface area (TPSA) is 77.5 Å². The summed E-state index contributed by atoms with van der Waals surface area (Å²) in [5.74, 6) is 3.28. The first kappa shape index (κ1) is 15.7. The number of nitrogens with zero attached hydrogens (tertiary/aromatic N) is 8. The minimum absolute atomic E-state index is 0.353. The van der Waals surface area contributed by atoms with Crippen LogP contribution in [0.15, 0.2) is 30.9 Å². The van der Waals surface area contributed by atoms with E-state index in [1.54, 1.807) is 12.5 Å². The van der Waals surface area contributed by atoms with Crippen molar-refractivity contribution in [2.45, 2.75) is 32.2 Å². The summed E-state index contributed by atoms with van der Waals surface area (Å²) in [5, 5.41) is 17.4. The monoisotopic (exact) mass is 338 g/mol. The zero-order chi connectivity index (χ0) is 17.2. The number of aryl methyl sites for hydroxylation is 1. The minimum Gasteiger partial charge on any atom is -0.354 e. The maximum atomic E-state index is 4.48. The molecule has 0 saturated carbocycles. The predicted octanol–water partition coefficient (Wildman–Crippen LogP) is 1.54. The van der Waals surface area contributed by atoms with Crippen LogP contribution in [0.4, 0.5) is 5.82 Å². The molecule has 25 heavy (non-hydrogen) atoms. The number of aromatic nitrogens is 7. The zero-order valence-corrected chi connectivity index (χ0v) is 14.6. The Balaban J connectivity index is 1.51. The molecule has 0 amide bonds. The Labute approximate surface area is 146 Å². The van der Waals surface area contributed by atoms with Crippen molar-refractivity contribution < 1.29 is 0 Å². The van der Waals surface area contributed by atoms with E-state index in [-0.39, 0.29) is 0 Å². The Bertz CT molecular complexity index is 821. The predicted molar refractivity (Wildman–Crippen MR) is 93.3 cm³/mol. The second-order valence-electron chi connectivity index (χ2n) is 6.59. The molecule has 4 heterocycles. The number of imidazole rings is 1. The van der Waals surface area contributed by atoms with Crippen LogP contribution in [0, 0.1) is 6.92 Å². The van der Waals surface area contributed by atoms with Crippen LogP contribution < -0.4 is 4.90 Å². The van der Waals surface area contributed by atoms with E-state index in [0.29, 0.717) is 12.5 Å². The Morgan fingerprint density at radius 1 is 1.16 bits per heavy atom. The molecule has 1 atom stereocenters. The SMILES string of the molecule is Cc1ccc(N2CCCC(c3nnc(Cn4ccnc4)n3C)C2)nn1. The molecule has 1 saturated heterocycles. The molecule has 0 radical (unpaired) electrons. The molecule has 8 heteroatoms. The van der Waals surface area contributed by atoms with Crippen LogP contribution in [0.5, 0.6) is 0 Å². The minimum atomic E-state index is 0.353. The lowest BCUT2D eigenvalue weighted by molar-refractivity contribution is 0.474. The van der Waals surface area contributed by atoms with Crippen molar-refractivity contribution in [1.29, 1.82) is 0 Å². The van der Waals surface area contributed by atoms with Gasteiger partial charge in [0, 0.05) is 38.4 Å². The largest absolute Gasteiger partial charge is 0.354 e. The molecular weight excluding hydrogens is 316 g/mol. The summed E-state index contributed by atoms with van der Waals surface area (Å²) in [6.07, 6.45) is 7.75. The normalized spacial score (nSPS) is 17.8. The number of rotatable bonds is 4. The molecule has 8 nitrogen and oxygen atoms in total. The van der Waals surface area contributed by atoms with Gasteiger partial charge in [0.1, 0.15) is 5.82 Å². The Hall–Kier alpha value is -2.77. The highest BCUT2D eigenvalue weighted by atomic mass is 15.3. The third kappa shape index (κ3) is 3.24. The summed E-state index contributed by atoms with van der Waals surface area (Å²) >= 11 is 0. The zero-order valence-electron chi connectivity index (χ0n) is 14.6. The second-order valence-corrected chi connectivity index (χ2v) is 6.59. The van der Waals surface area contributed by atoms with Gasteiger partial charge in [0.2, 0.25) is 0 Å². The second kappa shape index (κ2) is 6.62. The fourth-order valence-electron chi connectivity index (χ4n) is 3.37. The molecule has 0 aromatic carbocycles. The fourth-order valence-corrected chi connectivity index (χ4v) is 3.37. The van der Waals surface area contributed by atoms with Gasteiger partial charge in [0.15, 0.2) is 11.6 Å². The van der Waals surface area contributed by atoms with Gasteiger partial charge in [-0.25, -0.2) is 4.98 Å². The highest BCUT2D eigenvalue weighted by Crippen LogP contribution is 2.28. The molecule has 1 aliphatic rings. The molecule has 1 fully saturated rings. The lowest BCUT2D eigenvalue weighted by Gasteiger charge is -2.32. The van der Waals surface area contributed by atoms with E-state index in [4.69, 9.17) is 0 Å². The third-order valence-electron chi connectivity index (χ3n) is 4.78. The molecule has 3 aromatic heterocycles. The van der Waals surface area contributed by atoms with Gasteiger partial charge in [-0.15, -0.1) is 15.3 Å². The van der Waals surface area contributed by atoms with Gasteiger partial charge in [-0.2, -0.15) is 5.10 Å². The Morgan fingerprint density at radius 3 is 2.84 bits per heavy atom. The lowest BCUT2D eigenvalue weighted by Crippen LogP contribution is -2.36. The molecule has 0 N–H and O–H groups in total. The van der Waals surface area contributed by atoms with Crippen molar-refractivity contribution in [1.82, 2.24) is 34.5 Å². The average molecular weight is 338 g/mol. The number of hydrogen-bond acceptors (Lipinski definition) is 6. The fraction of sp³-hybridized carbons (Fsp3) is 0.471. The molecule has 0 bridgehead atoms. The van der Waals surface area contributed by atoms with Gasteiger partial charge in [-0.3, -0.25) is 0 Å². The molecule has 130 valence electrons.